The summed E-state index contributed by atoms with van der Waals surface area (Å²) in [5.41, 5.74) is 1.01. The standard InChI is InChI=1S/C20H21Cl2NO4/c1-25-17-8-5-13(10-19(17)26-2)16-4-3-9-23(16)20(24)12-27-18-11-14(21)6-7-15(18)22/h5-8,10-11,16H,3-4,9,12H2,1-2H3. The fraction of sp³-hybridized carbons (Fsp3) is 0.350. The number of hydrogen-bond donors (Lipinski definition) is 0. The predicted octanol–water partition coefficient (Wildman–Crippen LogP) is 4.75. The van der Waals surface area contributed by atoms with Gasteiger partial charge in [0.1, 0.15) is 5.75 Å². The minimum Gasteiger partial charge on any atom is -0.493 e. The summed E-state index contributed by atoms with van der Waals surface area (Å²) < 4.78 is 16.3. The fourth-order valence-electron chi connectivity index (χ4n) is 3.28. The lowest BCUT2D eigenvalue weighted by atomic mass is 10.0. The Morgan fingerprint density at radius 2 is 1.85 bits per heavy atom. The molecule has 1 fully saturated rings. The summed E-state index contributed by atoms with van der Waals surface area (Å²) >= 11 is 12.1. The van der Waals surface area contributed by atoms with Crippen LogP contribution in [0.5, 0.6) is 17.2 Å². The summed E-state index contributed by atoms with van der Waals surface area (Å²) in [6, 6.07) is 10.6. The second-order valence-electron chi connectivity index (χ2n) is 6.22. The van der Waals surface area contributed by atoms with Crippen LogP contribution in [-0.2, 0) is 4.79 Å². The maximum absolute atomic E-state index is 12.7. The highest BCUT2D eigenvalue weighted by molar-refractivity contribution is 6.34. The molecular formula is C20H21Cl2NO4. The number of halogens is 2. The summed E-state index contributed by atoms with van der Waals surface area (Å²) in [4.78, 5) is 14.6. The van der Waals surface area contributed by atoms with Gasteiger partial charge in [0.25, 0.3) is 5.91 Å². The molecule has 0 bridgehead atoms. The molecule has 0 radical (unpaired) electrons. The molecule has 7 heteroatoms. The third kappa shape index (κ3) is 4.42. The van der Waals surface area contributed by atoms with Gasteiger partial charge in [-0.2, -0.15) is 0 Å². The van der Waals surface area contributed by atoms with Crippen LogP contribution in [-0.4, -0.2) is 38.2 Å². The first kappa shape index (κ1) is 19.6. The monoisotopic (exact) mass is 409 g/mol. The second-order valence-corrected chi connectivity index (χ2v) is 7.07. The number of ether oxygens (including phenoxy) is 3. The molecule has 0 aliphatic carbocycles. The van der Waals surface area contributed by atoms with Gasteiger partial charge in [0.2, 0.25) is 0 Å². The molecule has 1 aliphatic heterocycles. The number of rotatable bonds is 6. The van der Waals surface area contributed by atoms with Gasteiger partial charge in [-0.3, -0.25) is 4.79 Å². The van der Waals surface area contributed by atoms with Crippen LogP contribution in [0.4, 0.5) is 0 Å². The van der Waals surface area contributed by atoms with Crippen molar-refractivity contribution in [3.63, 3.8) is 0 Å². The highest BCUT2D eigenvalue weighted by Gasteiger charge is 2.30. The molecule has 144 valence electrons. The Balaban J connectivity index is 1.72. The molecule has 5 nitrogen and oxygen atoms in total. The van der Waals surface area contributed by atoms with E-state index in [1.54, 1.807) is 32.4 Å². The SMILES string of the molecule is COc1ccc(C2CCCN2C(=O)COc2cc(Cl)ccc2Cl)cc1OC. The number of benzene rings is 2. The minimum absolute atomic E-state index is 0.0178. The van der Waals surface area contributed by atoms with E-state index in [0.29, 0.717) is 33.8 Å². The van der Waals surface area contributed by atoms with E-state index in [2.05, 4.69) is 0 Å². The molecule has 1 aliphatic rings. The molecule has 2 aromatic rings. The molecule has 1 heterocycles. The van der Waals surface area contributed by atoms with Gasteiger partial charge >= 0.3 is 0 Å². The van der Waals surface area contributed by atoms with Crippen molar-refractivity contribution in [2.24, 2.45) is 0 Å². The van der Waals surface area contributed by atoms with Gasteiger partial charge in [-0.15, -0.1) is 0 Å². The number of methoxy groups -OCH3 is 2. The van der Waals surface area contributed by atoms with Gasteiger partial charge in [-0.1, -0.05) is 29.3 Å². The van der Waals surface area contributed by atoms with Crippen molar-refractivity contribution in [2.45, 2.75) is 18.9 Å². The third-order valence-corrected chi connectivity index (χ3v) is 5.16. The van der Waals surface area contributed by atoms with Gasteiger partial charge in [-0.05, 0) is 42.7 Å². The van der Waals surface area contributed by atoms with Crippen molar-refractivity contribution in [3.8, 4) is 17.2 Å². The molecule has 0 saturated carbocycles. The van der Waals surface area contributed by atoms with E-state index in [1.807, 2.05) is 23.1 Å². The molecular weight excluding hydrogens is 389 g/mol. The maximum Gasteiger partial charge on any atom is 0.261 e. The van der Waals surface area contributed by atoms with Crippen LogP contribution in [0.3, 0.4) is 0 Å². The summed E-state index contributed by atoms with van der Waals surface area (Å²) in [7, 11) is 3.20. The summed E-state index contributed by atoms with van der Waals surface area (Å²) in [5, 5.41) is 0.927. The Kier molecular flexibility index (Phi) is 6.34. The highest BCUT2D eigenvalue weighted by Crippen LogP contribution is 2.37. The molecule has 1 amide bonds. The summed E-state index contributed by atoms with van der Waals surface area (Å²) in [5.74, 6) is 1.62. The Hall–Kier alpha value is -2.11. The average Bonchev–Trinajstić information content (AvgIpc) is 3.17. The molecule has 2 aromatic carbocycles. The predicted molar refractivity (Wildman–Crippen MR) is 105 cm³/mol. The Morgan fingerprint density at radius 3 is 2.59 bits per heavy atom. The highest BCUT2D eigenvalue weighted by atomic mass is 35.5. The molecule has 27 heavy (non-hydrogen) atoms. The first-order valence-corrected chi connectivity index (χ1v) is 9.38. The number of likely N-dealkylation sites (tertiary alicyclic amines) is 1. The Bertz CT molecular complexity index is 828. The lowest BCUT2D eigenvalue weighted by molar-refractivity contribution is -0.134. The van der Waals surface area contributed by atoms with Gasteiger partial charge in [0.15, 0.2) is 18.1 Å². The smallest absolute Gasteiger partial charge is 0.261 e. The molecule has 3 rings (SSSR count). The van der Waals surface area contributed by atoms with Crippen molar-refractivity contribution in [3.05, 3.63) is 52.0 Å². The van der Waals surface area contributed by atoms with Crippen molar-refractivity contribution in [2.75, 3.05) is 27.4 Å². The number of carbonyl (C=O) groups is 1. The number of carbonyl (C=O) groups excluding carboxylic acids is 1. The van der Waals surface area contributed by atoms with Crippen molar-refractivity contribution in [1.29, 1.82) is 0 Å². The number of hydrogen-bond acceptors (Lipinski definition) is 4. The minimum atomic E-state index is -0.0941. The van der Waals surface area contributed by atoms with E-state index in [9.17, 15) is 4.79 Å². The molecule has 1 unspecified atom stereocenters. The molecule has 1 atom stereocenters. The van der Waals surface area contributed by atoms with E-state index in [1.165, 1.54) is 0 Å². The van der Waals surface area contributed by atoms with Crippen molar-refractivity contribution >= 4 is 29.1 Å². The second kappa shape index (κ2) is 8.72. The average molecular weight is 410 g/mol. The van der Waals surface area contributed by atoms with Crippen LogP contribution in [0.1, 0.15) is 24.4 Å². The molecule has 0 spiro atoms. The van der Waals surface area contributed by atoms with Crippen molar-refractivity contribution < 1.29 is 19.0 Å². The van der Waals surface area contributed by atoms with Gasteiger partial charge in [0.05, 0.1) is 25.3 Å². The van der Waals surface area contributed by atoms with Crippen LogP contribution in [0.15, 0.2) is 36.4 Å². The van der Waals surface area contributed by atoms with Crippen LogP contribution < -0.4 is 14.2 Å². The maximum atomic E-state index is 12.7. The molecule has 1 saturated heterocycles. The zero-order valence-corrected chi connectivity index (χ0v) is 16.7. The topological polar surface area (TPSA) is 48.0 Å². The fourth-order valence-corrected chi connectivity index (χ4v) is 3.62. The van der Waals surface area contributed by atoms with E-state index >= 15 is 0 Å². The van der Waals surface area contributed by atoms with E-state index in [-0.39, 0.29) is 18.6 Å². The molecule has 0 N–H and O–H groups in total. The normalized spacial score (nSPS) is 16.3. The zero-order chi connectivity index (χ0) is 19.4. The lowest BCUT2D eigenvalue weighted by Gasteiger charge is -2.26. The zero-order valence-electron chi connectivity index (χ0n) is 15.2. The van der Waals surface area contributed by atoms with Crippen LogP contribution in [0, 0.1) is 0 Å². The first-order valence-electron chi connectivity index (χ1n) is 8.62. The van der Waals surface area contributed by atoms with Crippen LogP contribution in [0.2, 0.25) is 10.0 Å². The van der Waals surface area contributed by atoms with E-state index in [4.69, 9.17) is 37.4 Å². The van der Waals surface area contributed by atoms with Crippen LogP contribution >= 0.6 is 23.2 Å². The Morgan fingerprint density at radius 1 is 1.07 bits per heavy atom. The first-order chi connectivity index (χ1) is 13.0. The van der Waals surface area contributed by atoms with Crippen LogP contribution in [0.25, 0.3) is 0 Å². The van der Waals surface area contributed by atoms with Gasteiger partial charge in [0, 0.05) is 17.6 Å². The number of nitrogens with zero attached hydrogens (tertiary/aromatic N) is 1. The lowest BCUT2D eigenvalue weighted by Crippen LogP contribution is -2.34. The largest absolute Gasteiger partial charge is 0.493 e. The number of amides is 1. The third-order valence-electron chi connectivity index (χ3n) is 4.61. The van der Waals surface area contributed by atoms with Gasteiger partial charge < -0.3 is 19.1 Å². The van der Waals surface area contributed by atoms with E-state index in [0.717, 1.165) is 18.4 Å². The molecule has 0 aromatic heterocycles. The quantitative estimate of drug-likeness (QED) is 0.690. The van der Waals surface area contributed by atoms with E-state index < -0.39 is 0 Å². The van der Waals surface area contributed by atoms with Gasteiger partial charge in [-0.25, -0.2) is 0 Å². The summed E-state index contributed by atoms with van der Waals surface area (Å²) in [6.45, 7) is 0.592. The summed E-state index contributed by atoms with van der Waals surface area (Å²) in [6.07, 6.45) is 1.82. The van der Waals surface area contributed by atoms with Crippen molar-refractivity contribution in [1.82, 2.24) is 4.90 Å². The Labute approximate surface area is 168 Å².